The zero-order chi connectivity index (χ0) is 13.6. The lowest BCUT2D eigenvalue weighted by atomic mass is 9.96. The van der Waals surface area contributed by atoms with Crippen molar-refractivity contribution < 1.29 is 4.79 Å². The molecular weight excluding hydrogens is 224 g/mol. The Morgan fingerprint density at radius 1 is 1.33 bits per heavy atom. The van der Waals surface area contributed by atoms with Gasteiger partial charge in [-0.1, -0.05) is 19.8 Å². The molecule has 1 atom stereocenters. The van der Waals surface area contributed by atoms with E-state index in [0.717, 1.165) is 38.4 Å². The first kappa shape index (κ1) is 15.5. The van der Waals surface area contributed by atoms with Crippen LogP contribution in [0.1, 0.15) is 59.8 Å². The van der Waals surface area contributed by atoms with Crippen molar-refractivity contribution in [1.29, 1.82) is 0 Å². The molecule has 1 rings (SSSR count). The molecular formula is C15H30N2O. The number of nitrogens with zero attached hydrogens (tertiary/aromatic N) is 1. The SMILES string of the molecule is CCCC1CCC(=O)N(CCNC(C)(C)C)CC1. The monoisotopic (exact) mass is 254 g/mol. The van der Waals surface area contributed by atoms with Crippen LogP contribution in [-0.2, 0) is 4.79 Å². The molecule has 1 unspecified atom stereocenters. The maximum Gasteiger partial charge on any atom is 0.222 e. The summed E-state index contributed by atoms with van der Waals surface area (Å²) < 4.78 is 0. The molecule has 0 aromatic heterocycles. The summed E-state index contributed by atoms with van der Waals surface area (Å²) in [7, 11) is 0. The minimum atomic E-state index is 0.139. The molecule has 18 heavy (non-hydrogen) atoms. The Morgan fingerprint density at radius 3 is 2.67 bits per heavy atom. The van der Waals surface area contributed by atoms with Crippen molar-refractivity contribution in [3.8, 4) is 0 Å². The number of hydrogen-bond donors (Lipinski definition) is 1. The summed E-state index contributed by atoms with van der Waals surface area (Å²) in [4.78, 5) is 14.1. The van der Waals surface area contributed by atoms with Crippen molar-refractivity contribution in [2.24, 2.45) is 5.92 Å². The summed E-state index contributed by atoms with van der Waals surface area (Å²) in [6, 6.07) is 0. The third-order valence-electron chi connectivity index (χ3n) is 3.66. The lowest BCUT2D eigenvalue weighted by Gasteiger charge is -2.25. The third kappa shape index (κ3) is 5.85. The summed E-state index contributed by atoms with van der Waals surface area (Å²) >= 11 is 0. The van der Waals surface area contributed by atoms with Gasteiger partial charge in [-0.05, 0) is 39.5 Å². The molecule has 0 bridgehead atoms. The van der Waals surface area contributed by atoms with Crippen LogP contribution in [0.15, 0.2) is 0 Å². The van der Waals surface area contributed by atoms with Crippen LogP contribution in [0.3, 0.4) is 0 Å². The Kier molecular flexibility index (Phi) is 6.13. The normalized spacial score (nSPS) is 22.1. The van der Waals surface area contributed by atoms with E-state index in [4.69, 9.17) is 0 Å². The second kappa shape index (κ2) is 7.13. The maximum atomic E-state index is 12.0. The summed E-state index contributed by atoms with van der Waals surface area (Å²) in [5.41, 5.74) is 0.139. The minimum Gasteiger partial charge on any atom is -0.341 e. The molecule has 3 heteroatoms. The van der Waals surface area contributed by atoms with Crippen molar-refractivity contribution in [2.45, 2.75) is 65.3 Å². The molecule has 1 N–H and O–H groups in total. The average molecular weight is 254 g/mol. The first-order valence-electron chi connectivity index (χ1n) is 7.45. The van der Waals surface area contributed by atoms with Gasteiger partial charge in [0.25, 0.3) is 0 Å². The molecule has 3 nitrogen and oxygen atoms in total. The van der Waals surface area contributed by atoms with Gasteiger partial charge in [-0.25, -0.2) is 0 Å². The summed E-state index contributed by atoms with van der Waals surface area (Å²) in [5.74, 6) is 1.11. The molecule has 0 aliphatic carbocycles. The van der Waals surface area contributed by atoms with Gasteiger partial charge in [0.2, 0.25) is 5.91 Å². The fraction of sp³-hybridized carbons (Fsp3) is 0.933. The van der Waals surface area contributed by atoms with E-state index >= 15 is 0 Å². The van der Waals surface area contributed by atoms with Crippen molar-refractivity contribution in [1.82, 2.24) is 10.2 Å². The second-order valence-electron chi connectivity index (χ2n) is 6.54. The molecule has 1 amide bonds. The standard InChI is InChI=1S/C15H30N2O/c1-5-6-13-7-8-14(18)17(11-9-13)12-10-16-15(2,3)4/h13,16H,5-12H2,1-4H3. The van der Waals surface area contributed by atoms with Gasteiger partial charge in [-0.3, -0.25) is 4.79 Å². The summed E-state index contributed by atoms with van der Waals surface area (Å²) in [6.45, 7) is 11.4. The van der Waals surface area contributed by atoms with Crippen molar-refractivity contribution in [2.75, 3.05) is 19.6 Å². The quantitative estimate of drug-likeness (QED) is 0.818. The number of nitrogens with one attached hydrogen (secondary N) is 1. The molecule has 1 aliphatic rings. The van der Waals surface area contributed by atoms with E-state index < -0.39 is 0 Å². The van der Waals surface area contributed by atoms with Gasteiger partial charge in [-0.15, -0.1) is 0 Å². The number of carbonyl (C=O) groups excluding carboxylic acids is 1. The van der Waals surface area contributed by atoms with E-state index in [2.05, 4.69) is 37.9 Å². The second-order valence-corrected chi connectivity index (χ2v) is 6.54. The molecule has 1 heterocycles. The van der Waals surface area contributed by atoms with Gasteiger partial charge < -0.3 is 10.2 Å². The summed E-state index contributed by atoms with van der Waals surface area (Å²) in [5, 5.41) is 3.45. The number of likely N-dealkylation sites (tertiary alicyclic amines) is 1. The zero-order valence-electron chi connectivity index (χ0n) is 12.6. The molecule has 0 aromatic carbocycles. The number of amides is 1. The van der Waals surface area contributed by atoms with Crippen LogP contribution in [0, 0.1) is 5.92 Å². The van der Waals surface area contributed by atoms with Crippen LogP contribution >= 0.6 is 0 Å². The molecule has 1 aliphatic heterocycles. The zero-order valence-corrected chi connectivity index (χ0v) is 12.6. The van der Waals surface area contributed by atoms with Crippen molar-refractivity contribution >= 4 is 5.91 Å². The van der Waals surface area contributed by atoms with Gasteiger partial charge >= 0.3 is 0 Å². The van der Waals surface area contributed by atoms with Gasteiger partial charge in [0, 0.05) is 31.6 Å². The average Bonchev–Trinajstić information content (AvgIpc) is 2.43. The van der Waals surface area contributed by atoms with Crippen LogP contribution in [0.5, 0.6) is 0 Å². The van der Waals surface area contributed by atoms with Crippen LogP contribution in [-0.4, -0.2) is 36.0 Å². The van der Waals surface area contributed by atoms with Gasteiger partial charge in [0.15, 0.2) is 0 Å². The Labute approximate surface area is 112 Å². The smallest absolute Gasteiger partial charge is 0.222 e. The Bertz CT molecular complexity index is 258. The van der Waals surface area contributed by atoms with E-state index in [9.17, 15) is 4.79 Å². The van der Waals surface area contributed by atoms with Gasteiger partial charge in [0.05, 0.1) is 0 Å². The predicted molar refractivity (Wildman–Crippen MR) is 76.6 cm³/mol. The van der Waals surface area contributed by atoms with Gasteiger partial charge in [-0.2, -0.15) is 0 Å². The number of rotatable bonds is 5. The highest BCUT2D eigenvalue weighted by Gasteiger charge is 2.21. The molecule has 0 radical (unpaired) electrons. The van der Waals surface area contributed by atoms with E-state index in [1.54, 1.807) is 0 Å². The fourth-order valence-electron chi connectivity index (χ4n) is 2.59. The van der Waals surface area contributed by atoms with Crippen LogP contribution in [0.25, 0.3) is 0 Å². The Balaban J connectivity index is 2.34. The topological polar surface area (TPSA) is 32.3 Å². The maximum absolute atomic E-state index is 12.0. The Morgan fingerprint density at radius 2 is 2.06 bits per heavy atom. The molecule has 0 spiro atoms. The lowest BCUT2D eigenvalue weighted by Crippen LogP contribution is -2.43. The van der Waals surface area contributed by atoms with Crippen LogP contribution in [0.4, 0.5) is 0 Å². The van der Waals surface area contributed by atoms with E-state index in [-0.39, 0.29) is 5.54 Å². The largest absolute Gasteiger partial charge is 0.341 e. The highest BCUT2D eigenvalue weighted by molar-refractivity contribution is 5.76. The highest BCUT2D eigenvalue weighted by Crippen LogP contribution is 2.22. The third-order valence-corrected chi connectivity index (χ3v) is 3.66. The molecule has 1 saturated heterocycles. The van der Waals surface area contributed by atoms with Crippen molar-refractivity contribution in [3.63, 3.8) is 0 Å². The Hall–Kier alpha value is -0.570. The van der Waals surface area contributed by atoms with E-state index in [1.165, 1.54) is 19.3 Å². The van der Waals surface area contributed by atoms with E-state index in [0.29, 0.717) is 5.91 Å². The summed E-state index contributed by atoms with van der Waals surface area (Å²) in [6.07, 6.45) is 5.55. The lowest BCUT2D eigenvalue weighted by molar-refractivity contribution is -0.130. The van der Waals surface area contributed by atoms with Crippen LogP contribution < -0.4 is 5.32 Å². The molecule has 1 fully saturated rings. The number of hydrogen-bond acceptors (Lipinski definition) is 2. The van der Waals surface area contributed by atoms with E-state index in [1.807, 2.05) is 0 Å². The first-order valence-corrected chi connectivity index (χ1v) is 7.45. The molecule has 0 saturated carbocycles. The van der Waals surface area contributed by atoms with Crippen molar-refractivity contribution in [3.05, 3.63) is 0 Å². The predicted octanol–water partition coefficient (Wildman–Crippen LogP) is 2.80. The first-order chi connectivity index (χ1) is 8.42. The van der Waals surface area contributed by atoms with Gasteiger partial charge in [0.1, 0.15) is 0 Å². The van der Waals surface area contributed by atoms with Crippen LogP contribution in [0.2, 0.25) is 0 Å². The fourth-order valence-corrected chi connectivity index (χ4v) is 2.59. The minimum absolute atomic E-state index is 0.139. The highest BCUT2D eigenvalue weighted by atomic mass is 16.2. The molecule has 0 aromatic rings. The molecule has 106 valence electrons. The number of carbonyl (C=O) groups is 1.